The summed E-state index contributed by atoms with van der Waals surface area (Å²) in [4.78, 5) is 0. The molecule has 1 atom stereocenters. The van der Waals surface area contributed by atoms with E-state index in [1.807, 2.05) is 0 Å². The zero-order valence-electron chi connectivity index (χ0n) is 5.65. The first-order valence-corrected chi connectivity index (χ1v) is 3.32. The second-order valence-electron chi connectivity index (χ2n) is 2.53. The molecule has 60 valence electrons. The minimum Gasteiger partial charge on any atom is -0.367 e. The van der Waals surface area contributed by atoms with Crippen LogP contribution in [0.2, 0.25) is 0 Å². The lowest BCUT2D eigenvalue weighted by Crippen LogP contribution is -2.07. The molecule has 0 aliphatic heterocycles. The molecule has 0 radical (unpaired) electrons. The molecule has 0 aromatic carbocycles. The van der Waals surface area contributed by atoms with Crippen LogP contribution in [0.3, 0.4) is 0 Å². The third-order valence-corrected chi connectivity index (χ3v) is 1.68. The predicted molar refractivity (Wildman–Crippen MR) is 32.7 cm³/mol. The molecule has 0 bridgehead atoms. The van der Waals surface area contributed by atoms with Gasteiger partial charge in [-0.3, -0.25) is 0 Å². The molecule has 10 heavy (non-hydrogen) atoms. The first kappa shape index (κ1) is 7.88. The highest BCUT2D eigenvalue weighted by molar-refractivity contribution is 4.94. The van der Waals surface area contributed by atoms with Crippen molar-refractivity contribution in [2.75, 3.05) is 13.3 Å². The fourth-order valence-electron chi connectivity index (χ4n) is 0.892. The molecular formula is C6H11F2NO. The Morgan fingerprint density at radius 3 is 2.60 bits per heavy atom. The van der Waals surface area contributed by atoms with E-state index in [2.05, 4.69) is 0 Å². The van der Waals surface area contributed by atoms with Crippen molar-refractivity contribution in [1.82, 2.24) is 0 Å². The maximum Gasteiger partial charge on any atom is 0.251 e. The van der Waals surface area contributed by atoms with Gasteiger partial charge in [-0.25, -0.2) is 8.78 Å². The van der Waals surface area contributed by atoms with Gasteiger partial charge in [0.1, 0.15) is 0 Å². The largest absolute Gasteiger partial charge is 0.367 e. The zero-order valence-corrected chi connectivity index (χ0v) is 5.65. The van der Waals surface area contributed by atoms with Crippen LogP contribution in [0.1, 0.15) is 12.8 Å². The van der Waals surface area contributed by atoms with Gasteiger partial charge in [0.2, 0.25) is 0 Å². The summed E-state index contributed by atoms with van der Waals surface area (Å²) >= 11 is 0. The molecule has 4 heteroatoms. The van der Waals surface area contributed by atoms with E-state index in [1.165, 1.54) is 0 Å². The van der Waals surface area contributed by atoms with Gasteiger partial charge in [0.25, 0.3) is 5.92 Å². The Morgan fingerprint density at radius 1 is 1.60 bits per heavy atom. The molecule has 1 rings (SSSR count). The lowest BCUT2D eigenvalue weighted by Gasteiger charge is -1.98. The van der Waals surface area contributed by atoms with Gasteiger partial charge in [-0.2, -0.15) is 0 Å². The Bertz CT molecular complexity index is 118. The number of alkyl halides is 2. The van der Waals surface area contributed by atoms with Gasteiger partial charge in [-0.1, -0.05) is 0 Å². The van der Waals surface area contributed by atoms with E-state index in [0.717, 1.165) is 0 Å². The second-order valence-corrected chi connectivity index (χ2v) is 2.53. The Hall–Kier alpha value is -0.220. The van der Waals surface area contributed by atoms with E-state index in [4.69, 9.17) is 10.5 Å². The minimum atomic E-state index is -2.40. The average Bonchev–Trinajstić information content (AvgIpc) is 2.41. The van der Waals surface area contributed by atoms with Crippen LogP contribution in [-0.4, -0.2) is 19.3 Å². The average molecular weight is 151 g/mol. The molecular weight excluding hydrogens is 140 g/mol. The first-order valence-electron chi connectivity index (χ1n) is 3.32. The zero-order chi connectivity index (χ0) is 7.61. The molecule has 0 aromatic rings. The van der Waals surface area contributed by atoms with Crippen LogP contribution in [0.4, 0.5) is 8.78 Å². The summed E-state index contributed by atoms with van der Waals surface area (Å²) in [6, 6.07) is 0. The molecule has 0 amide bonds. The fraction of sp³-hybridized carbons (Fsp3) is 1.00. The molecule has 1 aliphatic rings. The summed E-state index contributed by atoms with van der Waals surface area (Å²) in [5.41, 5.74) is 4.99. The molecule has 1 unspecified atom stereocenters. The highest BCUT2D eigenvalue weighted by atomic mass is 19.3. The van der Waals surface area contributed by atoms with Gasteiger partial charge in [0.05, 0.1) is 6.73 Å². The first-order chi connectivity index (χ1) is 4.67. The van der Waals surface area contributed by atoms with Crippen molar-refractivity contribution in [2.24, 2.45) is 11.7 Å². The molecule has 2 N–H and O–H groups in total. The summed E-state index contributed by atoms with van der Waals surface area (Å²) in [6.45, 7) is 0.481. The lowest BCUT2D eigenvalue weighted by atomic mass is 10.3. The highest BCUT2D eigenvalue weighted by Crippen LogP contribution is 2.50. The van der Waals surface area contributed by atoms with Gasteiger partial charge in [-0.05, 0) is 6.42 Å². The topological polar surface area (TPSA) is 35.2 Å². The van der Waals surface area contributed by atoms with Crippen molar-refractivity contribution in [3.63, 3.8) is 0 Å². The van der Waals surface area contributed by atoms with Gasteiger partial charge in [-0.15, -0.1) is 0 Å². The predicted octanol–water partition coefficient (Wildman–Crippen LogP) is 0.965. The smallest absolute Gasteiger partial charge is 0.251 e. The van der Waals surface area contributed by atoms with Crippen molar-refractivity contribution in [3.05, 3.63) is 0 Å². The Balaban J connectivity index is 1.97. The maximum atomic E-state index is 12.1. The van der Waals surface area contributed by atoms with Gasteiger partial charge < -0.3 is 10.5 Å². The summed E-state index contributed by atoms with van der Waals surface area (Å²) in [7, 11) is 0. The Morgan fingerprint density at radius 2 is 2.20 bits per heavy atom. The van der Waals surface area contributed by atoms with Gasteiger partial charge in [0.15, 0.2) is 0 Å². The van der Waals surface area contributed by atoms with Crippen molar-refractivity contribution in [2.45, 2.75) is 18.8 Å². The van der Waals surface area contributed by atoms with Crippen molar-refractivity contribution in [3.8, 4) is 0 Å². The van der Waals surface area contributed by atoms with E-state index >= 15 is 0 Å². The summed E-state index contributed by atoms with van der Waals surface area (Å²) in [5, 5.41) is 0. The third-order valence-electron chi connectivity index (χ3n) is 1.68. The van der Waals surface area contributed by atoms with E-state index < -0.39 is 11.8 Å². The SMILES string of the molecule is NCOCCC1CC1(F)F. The van der Waals surface area contributed by atoms with Crippen LogP contribution in [-0.2, 0) is 4.74 Å². The Kier molecular flexibility index (Phi) is 2.21. The summed E-state index contributed by atoms with van der Waals surface area (Å²) in [5.74, 6) is -2.85. The third kappa shape index (κ3) is 1.88. The number of ether oxygens (including phenoxy) is 1. The van der Waals surface area contributed by atoms with Crippen LogP contribution in [0, 0.1) is 5.92 Å². The Labute approximate surface area is 58.3 Å². The number of hydrogen-bond donors (Lipinski definition) is 1. The monoisotopic (exact) mass is 151 g/mol. The molecule has 2 nitrogen and oxygen atoms in total. The molecule has 0 saturated heterocycles. The number of rotatable bonds is 4. The van der Waals surface area contributed by atoms with Gasteiger partial charge >= 0.3 is 0 Å². The standard InChI is InChI=1S/C6H11F2NO/c7-6(8)3-5(6)1-2-10-4-9/h5H,1-4,9H2. The molecule has 1 fully saturated rings. The lowest BCUT2D eigenvalue weighted by molar-refractivity contribution is 0.0794. The molecule has 0 aromatic heterocycles. The van der Waals surface area contributed by atoms with Crippen LogP contribution in [0.5, 0.6) is 0 Å². The summed E-state index contributed by atoms with van der Waals surface area (Å²) < 4.78 is 29.0. The van der Waals surface area contributed by atoms with E-state index in [9.17, 15) is 8.78 Å². The number of hydrogen-bond acceptors (Lipinski definition) is 2. The summed E-state index contributed by atoms with van der Waals surface area (Å²) in [6.07, 6.45) is 0.463. The minimum absolute atomic E-state index is 0.0287. The fourth-order valence-corrected chi connectivity index (χ4v) is 0.892. The molecule has 0 heterocycles. The van der Waals surface area contributed by atoms with Crippen molar-refractivity contribution < 1.29 is 13.5 Å². The molecule has 0 spiro atoms. The van der Waals surface area contributed by atoms with Crippen LogP contribution in [0.25, 0.3) is 0 Å². The highest BCUT2D eigenvalue weighted by Gasteiger charge is 2.55. The van der Waals surface area contributed by atoms with Gasteiger partial charge in [0, 0.05) is 18.9 Å². The molecule has 1 saturated carbocycles. The quantitative estimate of drug-likeness (QED) is 0.480. The van der Waals surface area contributed by atoms with E-state index in [0.29, 0.717) is 13.0 Å². The van der Waals surface area contributed by atoms with Crippen molar-refractivity contribution in [1.29, 1.82) is 0 Å². The van der Waals surface area contributed by atoms with Crippen LogP contribution < -0.4 is 5.73 Å². The van der Waals surface area contributed by atoms with Crippen molar-refractivity contribution >= 4 is 0 Å². The normalized spacial score (nSPS) is 28.5. The van der Waals surface area contributed by atoms with Crippen LogP contribution in [0.15, 0.2) is 0 Å². The number of nitrogens with two attached hydrogens (primary N) is 1. The van der Waals surface area contributed by atoms with E-state index in [-0.39, 0.29) is 13.2 Å². The van der Waals surface area contributed by atoms with Crippen LogP contribution >= 0.6 is 0 Å². The number of halogens is 2. The maximum absolute atomic E-state index is 12.1. The second kappa shape index (κ2) is 2.80. The molecule has 1 aliphatic carbocycles. The van der Waals surface area contributed by atoms with E-state index in [1.54, 1.807) is 0 Å².